The number of halogens is 1. The number of rotatable bonds is 6. The van der Waals surface area contributed by atoms with Crippen molar-refractivity contribution in [2.24, 2.45) is 4.99 Å². The van der Waals surface area contributed by atoms with Crippen LogP contribution in [0.15, 0.2) is 41.4 Å². The Bertz CT molecular complexity index is 685. The Balaban J connectivity index is 1.57. The number of aliphatic imine (C=N–C) groups is 1. The van der Waals surface area contributed by atoms with Crippen molar-refractivity contribution in [3.8, 4) is 0 Å². The van der Waals surface area contributed by atoms with E-state index in [2.05, 4.69) is 24.4 Å². The largest absolute Gasteiger partial charge is 0.361 e. The molecule has 0 saturated heterocycles. The fourth-order valence-corrected chi connectivity index (χ4v) is 4.84. The summed E-state index contributed by atoms with van der Waals surface area (Å²) in [7, 11) is 0.885. The van der Waals surface area contributed by atoms with Crippen molar-refractivity contribution >= 4 is 14.4 Å². The van der Waals surface area contributed by atoms with Crippen LogP contribution in [0.2, 0.25) is 0 Å². The molecule has 1 aromatic rings. The van der Waals surface area contributed by atoms with E-state index in [-0.39, 0.29) is 11.9 Å². The highest BCUT2D eigenvalue weighted by molar-refractivity contribution is 7.40. The Morgan fingerprint density at radius 1 is 1.16 bits per heavy atom. The van der Waals surface area contributed by atoms with Crippen LogP contribution in [0, 0.1) is 19.7 Å². The summed E-state index contributed by atoms with van der Waals surface area (Å²) in [5, 5.41) is 3.53. The summed E-state index contributed by atoms with van der Waals surface area (Å²) in [4.78, 5) is 4.73. The van der Waals surface area contributed by atoms with Crippen LogP contribution < -0.4 is 5.32 Å². The molecule has 2 aliphatic rings. The highest BCUT2D eigenvalue weighted by atomic mass is 31.1. The van der Waals surface area contributed by atoms with Gasteiger partial charge in [-0.2, -0.15) is 0 Å². The molecular weight excluding hydrogens is 330 g/mol. The van der Waals surface area contributed by atoms with E-state index in [1.54, 1.807) is 6.07 Å². The second-order valence-corrected chi connectivity index (χ2v) is 8.74. The van der Waals surface area contributed by atoms with E-state index < -0.39 is 0 Å². The summed E-state index contributed by atoms with van der Waals surface area (Å²) < 4.78 is 14.0. The van der Waals surface area contributed by atoms with Crippen molar-refractivity contribution in [3.63, 3.8) is 0 Å². The molecule has 2 aliphatic heterocycles. The van der Waals surface area contributed by atoms with Gasteiger partial charge in [-0.1, -0.05) is 59.1 Å². The number of allylic oxidation sites excluding steroid dienone is 1. The topological polar surface area (TPSA) is 24.4 Å². The number of nitrogens with zero attached hydrogens (tertiary/aromatic N) is 1. The summed E-state index contributed by atoms with van der Waals surface area (Å²) in [5.41, 5.74) is 3.35. The van der Waals surface area contributed by atoms with Gasteiger partial charge in [0.2, 0.25) is 0 Å². The smallest absolute Gasteiger partial charge is 0.126 e. The van der Waals surface area contributed by atoms with Gasteiger partial charge in [-0.3, -0.25) is 4.99 Å². The van der Waals surface area contributed by atoms with Gasteiger partial charge in [0.05, 0.1) is 11.8 Å². The van der Waals surface area contributed by atoms with Crippen molar-refractivity contribution in [2.75, 3.05) is 0 Å². The summed E-state index contributed by atoms with van der Waals surface area (Å²) >= 11 is 0. The number of unbranched alkanes of at least 4 members (excludes halogenated alkanes) is 2. The lowest BCUT2D eigenvalue weighted by molar-refractivity contribution is 0.613. The maximum atomic E-state index is 14.0. The Morgan fingerprint density at radius 3 is 2.76 bits per heavy atom. The van der Waals surface area contributed by atoms with Crippen molar-refractivity contribution in [3.05, 3.63) is 58.9 Å². The molecule has 0 aliphatic carbocycles. The van der Waals surface area contributed by atoms with Crippen LogP contribution in [-0.4, -0.2) is 17.3 Å². The third-order valence-corrected chi connectivity index (χ3v) is 6.64. The van der Waals surface area contributed by atoms with Gasteiger partial charge in [0.15, 0.2) is 0 Å². The Kier molecular flexibility index (Phi) is 6.06. The first-order valence-corrected chi connectivity index (χ1v) is 10.5. The average Bonchev–Trinajstić information content (AvgIpc) is 3.22. The molecule has 0 fully saturated rings. The van der Waals surface area contributed by atoms with Gasteiger partial charge in [0.1, 0.15) is 11.7 Å². The van der Waals surface area contributed by atoms with Crippen LogP contribution in [0.5, 0.6) is 0 Å². The first-order chi connectivity index (χ1) is 12.1. The van der Waals surface area contributed by atoms with Gasteiger partial charge in [-0.05, 0) is 54.8 Å². The second kappa shape index (κ2) is 8.27. The molecule has 2 nitrogen and oxygen atoms in total. The molecule has 0 saturated carbocycles. The summed E-state index contributed by atoms with van der Waals surface area (Å²) in [6.07, 6.45) is 14.0. The molecule has 134 valence electrons. The summed E-state index contributed by atoms with van der Waals surface area (Å²) in [6.45, 7) is 6.02. The maximum Gasteiger partial charge on any atom is 0.126 e. The zero-order valence-electron chi connectivity index (χ0n) is 15.3. The van der Waals surface area contributed by atoms with Gasteiger partial charge < -0.3 is 5.32 Å². The van der Waals surface area contributed by atoms with E-state index >= 15 is 0 Å². The SMILES string of the molecule is CCCCCC1C=CC(NC2=NC(c3cc(C)c(C)c(F)c3)C=C2)P1. The molecular formula is C21H28FN2P. The number of amidine groups is 1. The molecule has 25 heavy (non-hydrogen) atoms. The van der Waals surface area contributed by atoms with E-state index in [4.69, 9.17) is 4.99 Å². The standard InChI is InChI=1S/C21H28FN2P/c1-4-5-6-7-17-8-11-21(25-17)24-20-10-9-19(23-20)16-12-14(2)15(3)18(22)13-16/h8-13,17,19,21,25H,4-7H2,1-3H3,(H,23,24). The number of aryl methyl sites for hydroxylation is 1. The predicted octanol–water partition coefficient (Wildman–Crippen LogP) is 5.56. The minimum atomic E-state index is -0.143. The molecule has 2 heterocycles. The fraction of sp³-hybridized carbons (Fsp3) is 0.476. The highest BCUT2D eigenvalue weighted by Gasteiger charge is 2.21. The van der Waals surface area contributed by atoms with Crippen LogP contribution in [-0.2, 0) is 0 Å². The number of hydrogen-bond donors (Lipinski definition) is 1. The number of nitrogens with one attached hydrogen (secondary N) is 1. The second-order valence-electron chi connectivity index (χ2n) is 7.04. The maximum absolute atomic E-state index is 14.0. The van der Waals surface area contributed by atoms with Gasteiger partial charge >= 0.3 is 0 Å². The summed E-state index contributed by atoms with van der Waals surface area (Å²) in [5.74, 6) is 1.17. The van der Waals surface area contributed by atoms with E-state index in [1.165, 1.54) is 25.7 Å². The summed E-state index contributed by atoms with van der Waals surface area (Å²) in [6, 6.07) is 3.58. The van der Waals surface area contributed by atoms with Gasteiger partial charge in [0, 0.05) is 0 Å². The van der Waals surface area contributed by atoms with Crippen molar-refractivity contribution in [1.29, 1.82) is 0 Å². The molecule has 0 spiro atoms. The number of hydrogen-bond acceptors (Lipinski definition) is 2. The Labute approximate surface area is 152 Å². The zero-order chi connectivity index (χ0) is 17.8. The van der Waals surface area contributed by atoms with Crippen LogP contribution in [0.25, 0.3) is 0 Å². The highest BCUT2D eigenvalue weighted by Crippen LogP contribution is 2.36. The molecule has 1 N–H and O–H groups in total. The van der Waals surface area contributed by atoms with Crippen molar-refractivity contribution < 1.29 is 4.39 Å². The molecule has 0 amide bonds. The third-order valence-electron chi connectivity index (χ3n) is 5.03. The lowest BCUT2D eigenvalue weighted by atomic mass is 10.0. The molecule has 0 bridgehead atoms. The lowest BCUT2D eigenvalue weighted by Crippen LogP contribution is -2.27. The van der Waals surface area contributed by atoms with Gasteiger partial charge in [-0.25, -0.2) is 4.39 Å². The van der Waals surface area contributed by atoms with Gasteiger partial charge in [0.25, 0.3) is 0 Å². The van der Waals surface area contributed by atoms with Crippen LogP contribution in [0.4, 0.5) is 4.39 Å². The van der Waals surface area contributed by atoms with E-state index in [0.717, 1.165) is 36.8 Å². The third kappa shape index (κ3) is 4.58. The van der Waals surface area contributed by atoms with E-state index in [0.29, 0.717) is 5.78 Å². The minimum absolute atomic E-state index is 0.0784. The minimum Gasteiger partial charge on any atom is -0.361 e. The van der Waals surface area contributed by atoms with E-state index in [1.807, 2.05) is 32.1 Å². The number of benzene rings is 1. The average molecular weight is 358 g/mol. The molecule has 4 atom stereocenters. The molecule has 1 aromatic carbocycles. The fourth-order valence-electron chi connectivity index (χ4n) is 3.33. The Hall–Kier alpha value is -1.47. The van der Waals surface area contributed by atoms with Crippen molar-refractivity contribution in [1.82, 2.24) is 5.32 Å². The molecule has 0 radical (unpaired) electrons. The monoisotopic (exact) mass is 358 g/mol. The first-order valence-electron chi connectivity index (χ1n) is 9.30. The van der Waals surface area contributed by atoms with E-state index in [9.17, 15) is 4.39 Å². The van der Waals surface area contributed by atoms with Gasteiger partial charge in [-0.15, -0.1) is 0 Å². The quantitative estimate of drug-likeness (QED) is 0.401. The van der Waals surface area contributed by atoms with Crippen LogP contribution in [0.3, 0.4) is 0 Å². The molecule has 4 heteroatoms. The van der Waals surface area contributed by atoms with Crippen LogP contribution in [0.1, 0.15) is 55.3 Å². The molecule has 0 aromatic heterocycles. The Morgan fingerprint density at radius 2 is 2.00 bits per heavy atom. The first kappa shape index (κ1) is 18.3. The lowest BCUT2D eigenvalue weighted by Gasteiger charge is -2.15. The van der Waals surface area contributed by atoms with Crippen molar-refractivity contribution in [2.45, 2.75) is 63.9 Å². The molecule has 4 unspecified atom stereocenters. The van der Waals surface area contributed by atoms with Crippen LogP contribution >= 0.6 is 8.58 Å². The zero-order valence-corrected chi connectivity index (χ0v) is 16.3. The molecule has 3 rings (SSSR count). The normalized spacial score (nSPS) is 25.8. The predicted molar refractivity (Wildman–Crippen MR) is 107 cm³/mol.